The Morgan fingerprint density at radius 3 is 2.28 bits per heavy atom. The second-order valence-corrected chi connectivity index (χ2v) is 7.85. The molecule has 1 saturated carbocycles. The minimum absolute atomic E-state index is 0.317. The molecule has 6 nitrogen and oxygen atoms in total. The van der Waals surface area contributed by atoms with E-state index in [2.05, 4.69) is 10.6 Å². The predicted octanol–water partition coefficient (Wildman–Crippen LogP) is 5.97. The van der Waals surface area contributed by atoms with Gasteiger partial charge in [0.1, 0.15) is 18.2 Å². The molecule has 0 bridgehead atoms. The standard InChI is InChI=1S/C26H24N4O2/c31-26(27-21-13-15-23(16-14-21)32-18-19-7-3-1-4-8-19)28-25-17-24(20-11-12-20)29-30(25)22-9-5-2-6-10-22/h1-10,13-17,20H,11-12,18H2,(H2,27,28,31). The maximum absolute atomic E-state index is 12.7. The molecule has 0 atom stereocenters. The molecule has 0 unspecified atom stereocenters. The van der Waals surface area contributed by atoms with Crippen molar-refractivity contribution >= 4 is 17.5 Å². The van der Waals surface area contributed by atoms with Crippen LogP contribution < -0.4 is 15.4 Å². The van der Waals surface area contributed by atoms with Gasteiger partial charge in [-0.15, -0.1) is 0 Å². The topological polar surface area (TPSA) is 68.2 Å². The van der Waals surface area contributed by atoms with E-state index in [1.807, 2.05) is 91.0 Å². The third-order valence-corrected chi connectivity index (χ3v) is 5.33. The largest absolute Gasteiger partial charge is 0.489 e. The molecule has 0 saturated heterocycles. The number of para-hydroxylation sites is 1. The summed E-state index contributed by atoms with van der Waals surface area (Å²) >= 11 is 0. The molecule has 1 fully saturated rings. The fourth-order valence-electron chi connectivity index (χ4n) is 3.49. The van der Waals surface area contributed by atoms with E-state index in [1.54, 1.807) is 4.68 Å². The number of carbonyl (C=O) groups excluding carboxylic acids is 1. The Labute approximate surface area is 186 Å². The number of hydrogen-bond donors (Lipinski definition) is 2. The van der Waals surface area contributed by atoms with Crippen LogP contribution in [0.1, 0.15) is 30.0 Å². The van der Waals surface area contributed by atoms with Crippen LogP contribution in [0.4, 0.5) is 16.3 Å². The van der Waals surface area contributed by atoms with Gasteiger partial charge < -0.3 is 10.1 Å². The molecule has 1 aromatic heterocycles. The van der Waals surface area contributed by atoms with Gasteiger partial charge >= 0.3 is 6.03 Å². The zero-order valence-corrected chi connectivity index (χ0v) is 17.6. The number of ether oxygens (including phenoxy) is 1. The first-order valence-corrected chi connectivity index (χ1v) is 10.7. The molecule has 0 radical (unpaired) electrons. The quantitative estimate of drug-likeness (QED) is 0.384. The Morgan fingerprint density at radius 1 is 0.906 bits per heavy atom. The maximum Gasteiger partial charge on any atom is 0.324 e. The fourth-order valence-corrected chi connectivity index (χ4v) is 3.49. The van der Waals surface area contributed by atoms with Gasteiger partial charge in [-0.1, -0.05) is 48.5 Å². The van der Waals surface area contributed by atoms with Gasteiger partial charge in [-0.25, -0.2) is 9.48 Å². The number of rotatable bonds is 7. The number of amides is 2. The SMILES string of the molecule is O=C(Nc1ccc(OCc2ccccc2)cc1)Nc1cc(C2CC2)nn1-c1ccccc1. The summed E-state index contributed by atoms with van der Waals surface area (Å²) < 4.78 is 7.59. The van der Waals surface area contributed by atoms with Crippen molar-refractivity contribution in [1.82, 2.24) is 9.78 Å². The second kappa shape index (κ2) is 8.98. The van der Waals surface area contributed by atoms with Crippen molar-refractivity contribution in [2.45, 2.75) is 25.4 Å². The van der Waals surface area contributed by atoms with Crippen LogP contribution in [0.5, 0.6) is 5.75 Å². The van der Waals surface area contributed by atoms with Crippen molar-refractivity contribution in [2.75, 3.05) is 10.6 Å². The van der Waals surface area contributed by atoms with E-state index in [1.165, 1.54) is 0 Å². The summed E-state index contributed by atoms with van der Waals surface area (Å²) in [5.41, 5.74) is 3.72. The van der Waals surface area contributed by atoms with E-state index in [0.29, 0.717) is 24.0 Å². The summed E-state index contributed by atoms with van der Waals surface area (Å²) in [7, 11) is 0. The maximum atomic E-state index is 12.7. The lowest BCUT2D eigenvalue weighted by Crippen LogP contribution is -2.21. The molecule has 160 valence electrons. The van der Waals surface area contributed by atoms with Crippen LogP contribution in [0.2, 0.25) is 0 Å². The molecular formula is C26H24N4O2. The van der Waals surface area contributed by atoms with Gasteiger partial charge in [0.25, 0.3) is 0 Å². The molecule has 1 heterocycles. The molecule has 5 rings (SSSR count). The highest BCUT2D eigenvalue weighted by molar-refractivity contribution is 5.99. The lowest BCUT2D eigenvalue weighted by molar-refractivity contribution is 0.262. The van der Waals surface area contributed by atoms with Crippen LogP contribution in [-0.4, -0.2) is 15.8 Å². The van der Waals surface area contributed by atoms with E-state index in [4.69, 9.17) is 9.84 Å². The van der Waals surface area contributed by atoms with Crippen molar-refractivity contribution in [3.63, 3.8) is 0 Å². The highest BCUT2D eigenvalue weighted by Crippen LogP contribution is 2.40. The second-order valence-electron chi connectivity index (χ2n) is 7.85. The van der Waals surface area contributed by atoms with Crippen molar-refractivity contribution in [3.8, 4) is 11.4 Å². The van der Waals surface area contributed by atoms with Crippen LogP contribution in [0, 0.1) is 0 Å². The van der Waals surface area contributed by atoms with E-state index in [-0.39, 0.29) is 6.03 Å². The smallest absolute Gasteiger partial charge is 0.324 e. The number of urea groups is 1. The number of carbonyl (C=O) groups is 1. The Morgan fingerprint density at radius 2 is 1.59 bits per heavy atom. The molecule has 2 N–H and O–H groups in total. The van der Waals surface area contributed by atoms with Crippen molar-refractivity contribution < 1.29 is 9.53 Å². The van der Waals surface area contributed by atoms with Gasteiger partial charge in [0.2, 0.25) is 0 Å². The molecule has 2 amide bonds. The molecule has 1 aliphatic rings. The summed E-state index contributed by atoms with van der Waals surface area (Å²) in [6.07, 6.45) is 2.30. The number of nitrogens with zero attached hydrogens (tertiary/aromatic N) is 2. The van der Waals surface area contributed by atoms with E-state index in [9.17, 15) is 4.79 Å². The zero-order valence-electron chi connectivity index (χ0n) is 17.6. The minimum Gasteiger partial charge on any atom is -0.489 e. The molecular weight excluding hydrogens is 400 g/mol. The Bertz CT molecular complexity index is 1180. The summed E-state index contributed by atoms with van der Waals surface area (Å²) in [5.74, 6) is 1.89. The Kier molecular flexibility index (Phi) is 5.58. The molecule has 6 heteroatoms. The lowest BCUT2D eigenvalue weighted by Gasteiger charge is -2.11. The third kappa shape index (κ3) is 4.81. The summed E-state index contributed by atoms with van der Waals surface area (Å²) in [5, 5.41) is 10.5. The van der Waals surface area contributed by atoms with Gasteiger partial charge in [-0.2, -0.15) is 5.10 Å². The molecule has 1 aliphatic carbocycles. The van der Waals surface area contributed by atoms with Crippen molar-refractivity contribution in [2.24, 2.45) is 0 Å². The van der Waals surface area contributed by atoms with E-state index in [0.717, 1.165) is 35.5 Å². The first kappa shape index (κ1) is 19.9. The number of aromatic nitrogens is 2. The van der Waals surface area contributed by atoms with Crippen LogP contribution in [0.15, 0.2) is 91.0 Å². The van der Waals surface area contributed by atoms with E-state index >= 15 is 0 Å². The molecule has 3 aromatic carbocycles. The first-order valence-electron chi connectivity index (χ1n) is 10.7. The van der Waals surface area contributed by atoms with Gasteiger partial charge in [-0.05, 0) is 54.8 Å². The minimum atomic E-state index is -0.317. The monoisotopic (exact) mass is 424 g/mol. The number of nitrogens with one attached hydrogen (secondary N) is 2. The highest BCUT2D eigenvalue weighted by atomic mass is 16.5. The predicted molar refractivity (Wildman–Crippen MR) is 125 cm³/mol. The van der Waals surface area contributed by atoms with Crippen LogP contribution in [-0.2, 0) is 6.61 Å². The van der Waals surface area contributed by atoms with Crippen LogP contribution in [0.25, 0.3) is 5.69 Å². The summed E-state index contributed by atoms with van der Waals surface area (Å²) in [4.78, 5) is 12.7. The van der Waals surface area contributed by atoms with Crippen LogP contribution in [0.3, 0.4) is 0 Å². The lowest BCUT2D eigenvalue weighted by atomic mass is 10.2. The Hall–Kier alpha value is -4.06. The Balaban J connectivity index is 1.23. The van der Waals surface area contributed by atoms with E-state index < -0.39 is 0 Å². The highest BCUT2D eigenvalue weighted by Gasteiger charge is 2.28. The van der Waals surface area contributed by atoms with Gasteiger partial charge in [0.05, 0.1) is 11.4 Å². The average molecular weight is 425 g/mol. The molecule has 32 heavy (non-hydrogen) atoms. The molecule has 4 aromatic rings. The normalized spacial score (nSPS) is 12.9. The zero-order chi connectivity index (χ0) is 21.8. The van der Waals surface area contributed by atoms with Crippen molar-refractivity contribution in [1.29, 1.82) is 0 Å². The summed E-state index contributed by atoms with van der Waals surface area (Å²) in [6, 6.07) is 28.8. The van der Waals surface area contributed by atoms with Gasteiger partial charge in [-0.3, -0.25) is 5.32 Å². The number of anilines is 2. The molecule has 0 aliphatic heterocycles. The number of hydrogen-bond acceptors (Lipinski definition) is 3. The number of benzene rings is 3. The average Bonchev–Trinajstić information content (AvgIpc) is 3.60. The first-order chi connectivity index (χ1) is 15.7. The van der Waals surface area contributed by atoms with Gasteiger partial charge in [0.15, 0.2) is 0 Å². The van der Waals surface area contributed by atoms with Crippen molar-refractivity contribution in [3.05, 3.63) is 102 Å². The fraction of sp³-hybridized carbons (Fsp3) is 0.154. The molecule has 0 spiro atoms. The van der Waals surface area contributed by atoms with Gasteiger partial charge in [0, 0.05) is 17.7 Å². The van der Waals surface area contributed by atoms with Crippen LogP contribution >= 0.6 is 0 Å². The summed E-state index contributed by atoms with van der Waals surface area (Å²) in [6.45, 7) is 0.501. The third-order valence-electron chi connectivity index (χ3n) is 5.33.